The van der Waals surface area contributed by atoms with Crippen LogP contribution in [0.4, 0.5) is 8.78 Å². The number of carbonyl (C=O) groups excluding carboxylic acids is 3. The fraction of sp³-hybridized carbons (Fsp3) is 0.708. The van der Waals surface area contributed by atoms with Crippen LogP contribution in [0.1, 0.15) is 53.4 Å². The molecule has 4 aliphatic carbocycles. The number of hydrogen-bond acceptors (Lipinski definition) is 5. The third kappa shape index (κ3) is 2.62. The summed E-state index contributed by atoms with van der Waals surface area (Å²) in [6.45, 7) is 6.62. The van der Waals surface area contributed by atoms with Gasteiger partial charge in [-0.25, -0.2) is 8.78 Å². The standard InChI is InChI=1S/C24H30F2O5S/c1-5-19(29)31-24(20(30)32)12(2)8-14-15-10-17(25)16-9-13(27)6-7-21(16,3)23(15,26)18(28)11-22(14,24)4/h6-7,9,12,14-15,17-18,28H,5,8,10-11H2,1-4H3,(H,30,32)/t12-,14+,15?,17+,18+,21+,22+,23+,24+/m1/s1. The second kappa shape index (κ2) is 7.23. The molecule has 176 valence electrons. The number of aliphatic hydroxyl groups excluding tert-OH is 1. The van der Waals surface area contributed by atoms with Crippen molar-refractivity contribution in [2.45, 2.75) is 76.9 Å². The van der Waals surface area contributed by atoms with Gasteiger partial charge in [-0.05, 0) is 49.8 Å². The van der Waals surface area contributed by atoms with Gasteiger partial charge in [0.15, 0.2) is 17.1 Å². The molecule has 5 nitrogen and oxygen atoms in total. The van der Waals surface area contributed by atoms with E-state index in [1.54, 1.807) is 20.8 Å². The van der Waals surface area contributed by atoms with Crippen molar-refractivity contribution >= 4 is 29.5 Å². The predicted molar refractivity (Wildman–Crippen MR) is 116 cm³/mol. The molecule has 0 amide bonds. The monoisotopic (exact) mass is 468 g/mol. The first-order chi connectivity index (χ1) is 14.8. The van der Waals surface area contributed by atoms with Gasteiger partial charge in [-0.15, -0.1) is 12.6 Å². The van der Waals surface area contributed by atoms with Crippen LogP contribution in [-0.4, -0.2) is 45.5 Å². The lowest BCUT2D eigenvalue weighted by Crippen LogP contribution is -2.70. The number of thiol groups is 1. The summed E-state index contributed by atoms with van der Waals surface area (Å²) in [6, 6.07) is 0. The number of halogens is 2. The first kappa shape index (κ1) is 23.6. The lowest BCUT2D eigenvalue weighted by atomic mass is 9.44. The number of carbonyl (C=O) groups is 3. The number of allylic oxidation sites excluding steroid dienone is 4. The highest BCUT2D eigenvalue weighted by Crippen LogP contribution is 2.71. The third-order valence-corrected chi connectivity index (χ3v) is 9.38. The second-order valence-electron chi connectivity index (χ2n) is 10.4. The molecule has 0 radical (unpaired) electrons. The van der Waals surface area contributed by atoms with Gasteiger partial charge in [-0.2, -0.15) is 0 Å². The number of fused-ring (bicyclic) bond motifs is 5. The first-order valence-corrected chi connectivity index (χ1v) is 11.7. The van der Waals surface area contributed by atoms with Crippen molar-refractivity contribution in [1.82, 2.24) is 0 Å². The Bertz CT molecular complexity index is 949. The largest absolute Gasteiger partial charge is 0.449 e. The van der Waals surface area contributed by atoms with E-state index in [4.69, 9.17) is 4.74 Å². The fourth-order valence-electron chi connectivity index (χ4n) is 7.49. The van der Waals surface area contributed by atoms with E-state index in [0.29, 0.717) is 6.42 Å². The summed E-state index contributed by atoms with van der Waals surface area (Å²) in [7, 11) is 0. The number of esters is 1. The number of hydrogen-bond donors (Lipinski definition) is 2. The average Bonchev–Trinajstić information content (AvgIpc) is 2.93. The van der Waals surface area contributed by atoms with Crippen molar-refractivity contribution < 1.29 is 33.0 Å². The minimum absolute atomic E-state index is 0.0476. The molecule has 0 spiro atoms. The molecule has 1 N–H and O–H groups in total. The zero-order valence-corrected chi connectivity index (χ0v) is 19.6. The molecule has 8 heteroatoms. The van der Waals surface area contributed by atoms with E-state index >= 15 is 8.78 Å². The van der Waals surface area contributed by atoms with Gasteiger partial charge in [0.05, 0.1) is 6.10 Å². The summed E-state index contributed by atoms with van der Waals surface area (Å²) in [5.41, 5.74) is -6.46. The van der Waals surface area contributed by atoms with E-state index in [9.17, 15) is 19.5 Å². The summed E-state index contributed by atoms with van der Waals surface area (Å²) in [5, 5.41) is 10.7. The van der Waals surface area contributed by atoms with E-state index in [-0.39, 0.29) is 24.8 Å². The van der Waals surface area contributed by atoms with Gasteiger partial charge in [0.2, 0.25) is 5.12 Å². The Kier molecular flexibility index (Phi) is 5.33. The molecule has 0 aliphatic heterocycles. The molecule has 32 heavy (non-hydrogen) atoms. The minimum atomic E-state index is -2.24. The van der Waals surface area contributed by atoms with Crippen LogP contribution in [0.5, 0.6) is 0 Å². The van der Waals surface area contributed by atoms with Crippen LogP contribution < -0.4 is 0 Å². The Morgan fingerprint density at radius 3 is 2.53 bits per heavy atom. The van der Waals surface area contributed by atoms with Crippen molar-refractivity contribution in [2.75, 3.05) is 0 Å². The smallest absolute Gasteiger partial charge is 0.306 e. The van der Waals surface area contributed by atoms with Gasteiger partial charge in [-0.3, -0.25) is 14.4 Å². The van der Waals surface area contributed by atoms with Crippen LogP contribution in [-0.2, 0) is 19.1 Å². The van der Waals surface area contributed by atoms with Gasteiger partial charge < -0.3 is 9.84 Å². The Labute approximate surface area is 192 Å². The molecular weight excluding hydrogens is 438 g/mol. The molecule has 0 aromatic heterocycles. The number of rotatable bonds is 3. The molecular formula is C24H30F2O5S. The number of ether oxygens (including phenoxy) is 1. The fourth-order valence-corrected chi connectivity index (χ4v) is 8.01. The molecule has 4 aliphatic rings. The highest BCUT2D eigenvalue weighted by molar-refractivity contribution is 7.96. The molecule has 0 bridgehead atoms. The Morgan fingerprint density at radius 2 is 1.94 bits per heavy atom. The molecule has 3 fully saturated rings. The Hall–Kier alpha value is -1.54. The molecule has 0 aromatic rings. The highest BCUT2D eigenvalue weighted by Gasteiger charge is 2.77. The molecule has 4 rings (SSSR count). The van der Waals surface area contributed by atoms with Crippen LogP contribution in [0.15, 0.2) is 23.8 Å². The molecule has 9 atom stereocenters. The maximum Gasteiger partial charge on any atom is 0.306 e. The van der Waals surface area contributed by atoms with Gasteiger partial charge in [-0.1, -0.05) is 26.8 Å². The summed E-state index contributed by atoms with van der Waals surface area (Å²) in [5.74, 6) is -2.94. The van der Waals surface area contributed by atoms with Crippen molar-refractivity contribution in [1.29, 1.82) is 0 Å². The van der Waals surface area contributed by atoms with Gasteiger partial charge in [0.25, 0.3) is 0 Å². The normalized spacial score (nSPS) is 49.6. The highest BCUT2D eigenvalue weighted by atomic mass is 32.1. The molecule has 3 saturated carbocycles. The molecule has 0 saturated heterocycles. The van der Waals surface area contributed by atoms with Crippen molar-refractivity contribution in [2.24, 2.45) is 28.6 Å². The third-order valence-electron chi connectivity index (χ3n) is 9.05. The van der Waals surface area contributed by atoms with Crippen LogP contribution >= 0.6 is 12.6 Å². The predicted octanol–water partition coefficient (Wildman–Crippen LogP) is 3.70. The van der Waals surface area contributed by atoms with E-state index in [1.165, 1.54) is 19.1 Å². The Balaban J connectivity index is 1.87. The summed E-state index contributed by atoms with van der Waals surface area (Å²) in [6.07, 6.45) is 0.619. The van der Waals surface area contributed by atoms with E-state index in [2.05, 4.69) is 12.6 Å². The zero-order valence-electron chi connectivity index (χ0n) is 18.7. The van der Waals surface area contributed by atoms with Crippen LogP contribution in [0.25, 0.3) is 0 Å². The molecule has 0 heterocycles. The van der Waals surface area contributed by atoms with Gasteiger partial charge in [0, 0.05) is 29.1 Å². The summed E-state index contributed by atoms with van der Waals surface area (Å²) >= 11 is 4.09. The van der Waals surface area contributed by atoms with Crippen LogP contribution in [0.2, 0.25) is 0 Å². The van der Waals surface area contributed by atoms with Gasteiger partial charge in [0.1, 0.15) is 6.17 Å². The van der Waals surface area contributed by atoms with Crippen molar-refractivity contribution in [3.63, 3.8) is 0 Å². The summed E-state index contributed by atoms with van der Waals surface area (Å²) in [4.78, 5) is 37.2. The average molecular weight is 469 g/mol. The van der Waals surface area contributed by atoms with Crippen LogP contribution in [0.3, 0.4) is 0 Å². The van der Waals surface area contributed by atoms with Gasteiger partial charge >= 0.3 is 5.97 Å². The Morgan fingerprint density at radius 1 is 1.28 bits per heavy atom. The summed E-state index contributed by atoms with van der Waals surface area (Å²) < 4.78 is 38.3. The molecule has 1 unspecified atom stereocenters. The van der Waals surface area contributed by atoms with E-state index in [1.807, 2.05) is 0 Å². The first-order valence-electron chi connectivity index (χ1n) is 11.2. The topological polar surface area (TPSA) is 80.7 Å². The SMILES string of the molecule is CCC(=O)O[C@]1(C(=O)S)[C@H](C)C[C@H]2C3C[C@H](F)C4=CC(=O)C=C[C@]4(C)[C@@]3(F)[C@@H](O)C[C@@]21C. The van der Waals surface area contributed by atoms with E-state index in [0.717, 1.165) is 6.08 Å². The minimum Gasteiger partial charge on any atom is -0.449 e. The quantitative estimate of drug-likeness (QED) is 0.488. The second-order valence-corrected chi connectivity index (χ2v) is 10.8. The molecule has 0 aromatic carbocycles. The van der Waals surface area contributed by atoms with Crippen molar-refractivity contribution in [3.8, 4) is 0 Å². The zero-order chi connectivity index (χ0) is 23.9. The maximum atomic E-state index is 17.1. The van der Waals surface area contributed by atoms with E-state index < -0.39 is 69.0 Å². The number of ketones is 1. The number of alkyl halides is 2. The van der Waals surface area contributed by atoms with Crippen molar-refractivity contribution in [3.05, 3.63) is 23.8 Å². The lowest BCUT2D eigenvalue weighted by Gasteiger charge is -2.63. The van der Waals surface area contributed by atoms with Crippen LogP contribution in [0, 0.1) is 28.6 Å². The maximum absolute atomic E-state index is 17.1. The number of aliphatic hydroxyl groups is 1. The lowest BCUT2D eigenvalue weighted by molar-refractivity contribution is -0.228.